The van der Waals surface area contributed by atoms with Crippen LogP contribution in [0.4, 0.5) is 28.0 Å². The van der Waals surface area contributed by atoms with Gasteiger partial charge in [-0.1, -0.05) is 0 Å². The number of nitrogens with zero attached hydrogens (tertiary/aromatic N) is 1. The van der Waals surface area contributed by atoms with Crippen LogP contribution in [0, 0.1) is 5.82 Å². The molecule has 0 radical (unpaired) electrons. The number of anilines is 1. The average molecular weight is 290 g/mol. The first-order valence-corrected chi connectivity index (χ1v) is 6.30. The monoisotopic (exact) mass is 290 g/mol. The second-order valence-corrected chi connectivity index (χ2v) is 4.67. The van der Waals surface area contributed by atoms with Gasteiger partial charge in [-0.05, 0) is 37.5 Å². The highest BCUT2D eigenvalue weighted by Crippen LogP contribution is 2.35. The highest BCUT2D eigenvalue weighted by atomic mass is 19.4. The first-order valence-electron chi connectivity index (χ1n) is 6.30. The fraction of sp³-hybridized carbons (Fsp3) is 0.462. The predicted octanol–water partition coefficient (Wildman–Crippen LogP) is 3.86. The minimum Gasteiger partial charge on any atom is -0.325 e. The van der Waals surface area contributed by atoms with Crippen molar-refractivity contribution in [2.24, 2.45) is 0 Å². The molecule has 3 nitrogen and oxygen atoms in total. The van der Waals surface area contributed by atoms with Crippen LogP contribution in [0.3, 0.4) is 0 Å². The van der Waals surface area contributed by atoms with Gasteiger partial charge in [0.25, 0.3) is 0 Å². The molecule has 20 heavy (non-hydrogen) atoms. The molecule has 0 saturated carbocycles. The third-order valence-corrected chi connectivity index (χ3v) is 3.17. The van der Waals surface area contributed by atoms with E-state index in [0.717, 1.165) is 31.4 Å². The molecule has 0 unspecified atom stereocenters. The molecule has 1 saturated heterocycles. The van der Waals surface area contributed by atoms with Gasteiger partial charge in [0, 0.05) is 13.1 Å². The molecule has 0 spiro atoms. The van der Waals surface area contributed by atoms with Crippen LogP contribution in [0.2, 0.25) is 0 Å². The van der Waals surface area contributed by atoms with Crippen LogP contribution in [0.25, 0.3) is 0 Å². The highest BCUT2D eigenvalue weighted by Gasteiger charge is 2.34. The molecular formula is C13H14F4N2O. The van der Waals surface area contributed by atoms with Crippen molar-refractivity contribution < 1.29 is 22.4 Å². The molecule has 1 aliphatic heterocycles. The Labute approximate surface area is 113 Å². The maximum atomic E-state index is 12.9. The highest BCUT2D eigenvalue weighted by molar-refractivity contribution is 5.90. The van der Waals surface area contributed by atoms with Gasteiger partial charge in [0.2, 0.25) is 0 Å². The van der Waals surface area contributed by atoms with Gasteiger partial charge in [-0.15, -0.1) is 0 Å². The molecule has 110 valence electrons. The van der Waals surface area contributed by atoms with Crippen molar-refractivity contribution in [1.82, 2.24) is 4.90 Å². The normalized spacial score (nSPS) is 16.1. The fourth-order valence-corrected chi connectivity index (χ4v) is 2.15. The van der Waals surface area contributed by atoms with E-state index in [0.29, 0.717) is 19.2 Å². The van der Waals surface area contributed by atoms with Crippen LogP contribution in [0.1, 0.15) is 24.8 Å². The van der Waals surface area contributed by atoms with Crippen LogP contribution in [0.5, 0.6) is 0 Å². The summed E-state index contributed by atoms with van der Waals surface area (Å²) in [6, 6.07) is 1.62. The molecular weight excluding hydrogens is 276 g/mol. The Morgan fingerprint density at radius 1 is 1.15 bits per heavy atom. The van der Waals surface area contributed by atoms with Crippen molar-refractivity contribution in [3.8, 4) is 0 Å². The molecule has 0 atom stereocenters. The molecule has 0 aliphatic carbocycles. The van der Waals surface area contributed by atoms with Crippen molar-refractivity contribution >= 4 is 11.7 Å². The van der Waals surface area contributed by atoms with Gasteiger partial charge in [0.15, 0.2) is 0 Å². The maximum absolute atomic E-state index is 12.9. The van der Waals surface area contributed by atoms with E-state index >= 15 is 0 Å². The number of likely N-dealkylation sites (tertiary alicyclic amines) is 1. The largest absolute Gasteiger partial charge is 0.418 e. The minimum absolute atomic E-state index is 0.381. The lowest BCUT2D eigenvalue weighted by atomic mass is 10.1. The van der Waals surface area contributed by atoms with E-state index < -0.39 is 29.3 Å². The molecule has 1 aromatic carbocycles. The number of hydrogen-bond acceptors (Lipinski definition) is 1. The van der Waals surface area contributed by atoms with Crippen molar-refractivity contribution in [2.75, 3.05) is 18.4 Å². The average Bonchev–Trinajstić information content (AvgIpc) is 2.40. The fourth-order valence-electron chi connectivity index (χ4n) is 2.15. The second kappa shape index (κ2) is 5.68. The van der Waals surface area contributed by atoms with E-state index in [1.807, 2.05) is 0 Å². The molecule has 1 aromatic rings. The number of amides is 2. The van der Waals surface area contributed by atoms with Crippen molar-refractivity contribution in [1.29, 1.82) is 0 Å². The van der Waals surface area contributed by atoms with Crippen LogP contribution in [0.15, 0.2) is 18.2 Å². The molecule has 0 aromatic heterocycles. The topological polar surface area (TPSA) is 32.3 Å². The summed E-state index contributed by atoms with van der Waals surface area (Å²) in [5.41, 5.74) is -1.60. The Kier molecular flexibility index (Phi) is 4.15. The summed E-state index contributed by atoms with van der Waals surface area (Å²) in [7, 11) is 0. The van der Waals surface area contributed by atoms with Crippen LogP contribution in [-0.4, -0.2) is 24.0 Å². The lowest BCUT2D eigenvalue weighted by Crippen LogP contribution is -2.39. The van der Waals surface area contributed by atoms with E-state index in [1.54, 1.807) is 0 Å². The second-order valence-electron chi connectivity index (χ2n) is 4.67. The number of carbonyl (C=O) groups excluding carboxylic acids is 1. The van der Waals surface area contributed by atoms with Gasteiger partial charge in [-0.2, -0.15) is 13.2 Å². The Morgan fingerprint density at radius 3 is 2.40 bits per heavy atom. The van der Waals surface area contributed by atoms with Crippen molar-refractivity contribution in [2.45, 2.75) is 25.4 Å². The van der Waals surface area contributed by atoms with Gasteiger partial charge in [-0.3, -0.25) is 0 Å². The molecule has 1 fully saturated rings. The number of urea groups is 1. The van der Waals surface area contributed by atoms with Crippen molar-refractivity contribution in [3.63, 3.8) is 0 Å². The maximum Gasteiger partial charge on any atom is 0.418 e. The molecule has 2 amide bonds. The summed E-state index contributed by atoms with van der Waals surface area (Å²) in [5, 5.41) is 2.21. The Balaban J connectivity index is 2.18. The molecule has 1 N–H and O–H groups in total. The zero-order chi connectivity index (χ0) is 14.8. The van der Waals surface area contributed by atoms with Crippen LogP contribution < -0.4 is 5.32 Å². The zero-order valence-corrected chi connectivity index (χ0v) is 10.6. The number of alkyl halides is 3. The minimum atomic E-state index is -4.72. The quantitative estimate of drug-likeness (QED) is 0.783. The molecule has 2 rings (SSSR count). The zero-order valence-electron chi connectivity index (χ0n) is 10.6. The summed E-state index contributed by atoms with van der Waals surface area (Å²) in [6.07, 6.45) is -2.04. The van der Waals surface area contributed by atoms with Crippen molar-refractivity contribution in [3.05, 3.63) is 29.6 Å². The lowest BCUT2D eigenvalue weighted by molar-refractivity contribution is -0.137. The standard InChI is InChI=1S/C13H14F4N2O/c14-9-4-5-11(10(8-9)13(15,16)17)18-12(20)19-6-2-1-3-7-19/h4-5,8H,1-3,6-7H2,(H,18,20). The smallest absolute Gasteiger partial charge is 0.325 e. The summed E-state index contributed by atoms with van der Waals surface area (Å²) in [5.74, 6) is -0.992. The van der Waals surface area contributed by atoms with Gasteiger partial charge >= 0.3 is 12.2 Å². The number of benzene rings is 1. The Morgan fingerprint density at radius 2 is 1.80 bits per heavy atom. The van der Waals surface area contributed by atoms with E-state index in [9.17, 15) is 22.4 Å². The lowest BCUT2D eigenvalue weighted by Gasteiger charge is -2.27. The SMILES string of the molecule is O=C(Nc1ccc(F)cc1C(F)(F)F)N1CCCCC1. The Bertz CT molecular complexity index is 496. The van der Waals surface area contributed by atoms with E-state index in [2.05, 4.69) is 5.32 Å². The van der Waals surface area contributed by atoms with E-state index in [4.69, 9.17) is 0 Å². The Hall–Kier alpha value is -1.79. The van der Waals surface area contributed by atoms with Gasteiger partial charge in [0.1, 0.15) is 5.82 Å². The summed E-state index contributed by atoms with van der Waals surface area (Å²) in [6.45, 7) is 1.04. The van der Waals surface area contributed by atoms with Gasteiger partial charge in [-0.25, -0.2) is 9.18 Å². The van der Waals surface area contributed by atoms with Crippen LogP contribution >= 0.6 is 0 Å². The van der Waals surface area contributed by atoms with Crippen LogP contribution in [-0.2, 0) is 6.18 Å². The summed E-state index contributed by atoms with van der Waals surface area (Å²) >= 11 is 0. The van der Waals surface area contributed by atoms with E-state index in [-0.39, 0.29) is 0 Å². The third-order valence-electron chi connectivity index (χ3n) is 3.17. The summed E-state index contributed by atoms with van der Waals surface area (Å²) in [4.78, 5) is 13.4. The van der Waals surface area contributed by atoms with Gasteiger partial charge < -0.3 is 10.2 Å². The number of piperidine rings is 1. The number of rotatable bonds is 1. The molecule has 1 aliphatic rings. The molecule has 0 bridgehead atoms. The molecule has 7 heteroatoms. The summed E-state index contributed by atoms with van der Waals surface area (Å²) < 4.78 is 51.3. The first kappa shape index (κ1) is 14.6. The first-order chi connectivity index (χ1) is 9.38. The number of halogens is 4. The van der Waals surface area contributed by atoms with Gasteiger partial charge in [0.05, 0.1) is 11.3 Å². The number of carbonyl (C=O) groups is 1. The predicted molar refractivity (Wildman–Crippen MR) is 65.8 cm³/mol. The number of hydrogen-bond donors (Lipinski definition) is 1. The number of nitrogens with one attached hydrogen (secondary N) is 1. The molecule has 1 heterocycles. The third kappa shape index (κ3) is 3.40. The van der Waals surface area contributed by atoms with E-state index in [1.165, 1.54) is 4.90 Å².